The summed E-state index contributed by atoms with van der Waals surface area (Å²) in [5.74, 6) is -0.793. The molecule has 2 amide bonds. The van der Waals surface area contributed by atoms with E-state index >= 15 is 0 Å². The molecule has 1 aromatic carbocycles. The number of rotatable bonds is 5. The maximum absolute atomic E-state index is 13.2. The third-order valence-corrected chi connectivity index (χ3v) is 5.08. The SMILES string of the molecule is C[C@]1(C(=O)NCc2cccnc2)CCC(=O)N1Cc1ccc(F)cc1Cl. The molecule has 1 atom stereocenters. The molecule has 1 fully saturated rings. The van der Waals surface area contributed by atoms with E-state index in [1.54, 1.807) is 25.4 Å². The predicted molar refractivity (Wildman–Crippen MR) is 95.7 cm³/mol. The lowest BCUT2D eigenvalue weighted by molar-refractivity contribution is -0.141. The number of nitrogens with one attached hydrogen (secondary N) is 1. The third kappa shape index (κ3) is 3.70. The number of amides is 2. The van der Waals surface area contributed by atoms with Crippen molar-refractivity contribution >= 4 is 23.4 Å². The van der Waals surface area contributed by atoms with Gasteiger partial charge in [-0.25, -0.2) is 4.39 Å². The number of likely N-dealkylation sites (tertiary alicyclic amines) is 1. The first-order valence-electron chi connectivity index (χ1n) is 8.32. The van der Waals surface area contributed by atoms with Crippen LogP contribution < -0.4 is 5.32 Å². The van der Waals surface area contributed by atoms with Gasteiger partial charge in [0.25, 0.3) is 0 Å². The third-order valence-electron chi connectivity index (χ3n) is 4.73. The predicted octanol–water partition coefficient (Wildman–Crippen LogP) is 3.07. The zero-order valence-electron chi connectivity index (χ0n) is 14.3. The topological polar surface area (TPSA) is 62.3 Å². The molecule has 0 bridgehead atoms. The molecule has 2 aromatic rings. The molecule has 0 radical (unpaired) electrons. The highest BCUT2D eigenvalue weighted by molar-refractivity contribution is 6.31. The molecule has 1 aliphatic heterocycles. The number of benzene rings is 1. The Morgan fingerprint density at radius 1 is 1.42 bits per heavy atom. The fraction of sp³-hybridized carbons (Fsp3) is 0.316. The Morgan fingerprint density at radius 3 is 2.92 bits per heavy atom. The molecule has 0 spiro atoms. The number of carbonyl (C=O) groups excluding carboxylic acids is 2. The summed E-state index contributed by atoms with van der Waals surface area (Å²) in [6.45, 7) is 2.24. The van der Waals surface area contributed by atoms with E-state index in [1.165, 1.54) is 23.1 Å². The van der Waals surface area contributed by atoms with E-state index in [4.69, 9.17) is 11.6 Å². The van der Waals surface area contributed by atoms with Crippen molar-refractivity contribution in [2.75, 3.05) is 0 Å². The van der Waals surface area contributed by atoms with E-state index < -0.39 is 11.4 Å². The van der Waals surface area contributed by atoms with Crippen LogP contribution in [-0.2, 0) is 22.7 Å². The summed E-state index contributed by atoms with van der Waals surface area (Å²) < 4.78 is 13.2. The number of halogens is 2. The molecule has 1 aromatic heterocycles. The van der Waals surface area contributed by atoms with Gasteiger partial charge in [0.05, 0.1) is 0 Å². The van der Waals surface area contributed by atoms with Crippen molar-refractivity contribution in [3.63, 3.8) is 0 Å². The van der Waals surface area contributed by atoms with Crippen molar-refractivity contribution in [1.82, 2.24) is 15.2 Å². The van der Waals surface area contributed by atoms with Gasteiger partial charge in [-0.05, 0) is 42.7 Å². The summed E-state index contributed by atoms with van der Waals surface area (Å²) in [7, 11) is 0. The molecule has 1 N–H and O–H groups in total. The van der Waals surface area contributed by atoms with E-state index in [0.717, 1.165) is 5.56 Å². The Balaban J connectivity index is 1.75. The Morgan fingerprint density at radius 2 is 2.23 bits per heavy atom. The first-order chi connectivity index (χ1) is 12.4. The van der Waals surface area contributed by atoms with Gasteiger partial charge in [-0.3, -0.25) is 14.6 Å². The van der Waals surface area contributed by atoms with Gasteiger partial charge in [-0.2, -0.15) is 0 Å². The van der Waals surface area contributed by atoms with Crippen LogP contribution in [0.1, 0.15) is 30.9 Å². The van der Waals surface area contributed by atoms with Crippen LogP contribution in [0.4, 0.5) is 4.39 Å². The molecule has 0 aliphatic carbocycles. The summed E-state index contributed by atoms with van der Waals surface area (Å²) in [5, 5.41) is 3.11. The summed E-state index contributed by atoms with van der Waals surface area (Å²) >= 11 is 6.08. The van der Waals surface area contributed by atoms with E-state index in [1.807, 2.05) is 6.07 Å². The monoisotopic (exact) mass is 375 g/mol. The van der Waals surface area contributed by atoms with Crippen LogP contribution in [0.25, 0.3) is 0 Å². The summed E-state index contributed by atoms with van der Waals surface area (Å²) in [5.41, 5.74) is 0.508. The van der Waals surface area contributed by atoms with E-state index in [-0.39, 0.29) is 29.8 Å². The molecule has 1 aliphatic rings. The van der Waals surface area contributed by atoms with E-state index in [9.17, 15) is 14.0 Å². The maximum Gasteiger partial charge on any atom is 0.245 e. The molecule has 3 rings (SSSR count). The quantitative estimate of drug-likeness (QED) is 0.873. The maximum atomic E-state index is 13.2. The number of aromatic nitrogens is 1. The zero-order chi connectivity index (χ0) is 18.7. The minimum atomic E-state index is -0.975. The van der Waals surface area contributed by atoms with E-state index in [2.05, 4.69) is 10.3 Å². The summed E-state index contributed by atoms with van der Waals surface area (Å²) in [4.78, 5) is 30.7. The molecule has 0 unspecified atom stereocenters. The van der Waals surface area contributed by atoms with Gasteiger partial charge in [0, 0.05) is 36.9 Å². The molecular weight excluding hydrogens is 357 g/mol. The van der Waals surface area contributed by atoms with Gasteiger partial charge in [0.15, 0.2) is 0 Å². The lowest BCUT2D eigenvalue weighted by Crippen LogP contribution is -2.53. The van der Waals surface area contributed by atoms with Gasteiger partial charge in [-0.1, -0.05) is 23.7 Å². The van der Waals surface area contributed by atoms with Crippen molar-refractivity contribution in [3.8, 4) is 0 Å². The number of nitrogens with zero attached hydrogens (tertiary/aromatic N) is 2. The van der Waals surface area contributed by atoms with Crippen LogP contribution in [0.15, 0.2) is 42.7 Å². The minimum absolute atomic E-state index is 0.121. The smallest absolute Gasteiger partial charge is 0.245 e. The number of hydrogen-bond acceptors (Lipinski definition) is 3. The first-order valence-corrected chi connectivity index (χ1v) is 8.69. The van der Waals surface area contributed by atoms with Gasteiger partial charge in [0.1, 0.15) is 11.4 Å². The highest BCUT2D eigenvalue weighted by Gasteiger charge is 2.47. The van der Waals surface area contributed by atoms with Gasteiger partial charge < -0.3 is 10.2 Å². The fourth-order valence-electron chi connectivity index (χ4n) is 3.09. The van der Waals surface area contributed by atoms with Crippen LogP contribution in [0.3, 0.4) is 0 Å². The number of carbonyl (C=O) groups is 2. The molecule has 26 heavy (non-hydrogen) atoms. The highest BCUT2D eigenvalue weighted by atomic mass is 35.5. The Hall–Kier alpha value is -2.47. The Bertz CT molecular complexity index is 831. The molecule has 7 heteroatoms. The number of pyridine rings is 1. The van der Waals surface area contributed by atoms with Crippen LogP contribution in [0, 0.1) is 5.82 Å². The van der Waals surface area contributed by atoms with Crippen molar-refractivity contribution in [2.24, 2.45) is 0 Å². The van der Waals surface area contributed by atoms with Crippen molar-refractivity contribution in [1.29, 1.82) is 0 Å². The van der Waals surface area contributed by atoms with Gasteiger partial charge in [0.2, 0.25) is 11.8 Å². The van der Waals surface area contributed by atoms with Crippen LogP contribution in [-0.4, -0.2) is 27.2 Å². The molecule has 0 saturated carbocycles. The molecule has 5 nitrogen and oxygen atoms in total. The van der Waals surface area contributed by atoms with Crippen LogP contribution in [0.5, 0.6) is 0 Å². The largest absolute Gasteiger partial charge is 0.350 e. The second kappa shape index (κ2) is 7.41. The highest BCUT2D eigenvalue weighted by Crippen LogP contribution is 2.33. The molecule has 1 saturated heterocycles. The molecule has 2 heterocycles. The lowest BCUT2D eigenvalue weighted by atomic mass is 9.97. The van der Waals surface area contributed by atoms with Crippen molar-refractivity contribution < 1.29 is 14.0 Å². The van der Waals surface area contributed by atoms with Gasteiger partial charge in [-0.15, -0.1) is 0 Å². The molecular formula is C19H19ClFN3O2. The fourth-order valence-corrected chi connectivity index (χ4v) is 3.32. The van der Waals surface area contributed by atoms with Crippen molar-refractivity contribution in [3.05, 3.63) is 64.7 Å². The standard InChI is InChI=1S/C19H19ClFN3O2/c1-19(18(26)23-11-13-3-2-8-22-10-13)7-6-17(25)24(19)12-14-4-5-15(21)9-16(14)20/h2-5,8-10H,6-7,11-12H2,1H3,(H,23,26)/t19-/m1/s1. The lowest BCUT2D eigenvalue weighted by Gasteiger charge is -2.34. The minimum Gasteiger partial charge on any atom is -0.350 e. The van der Waals surface area contributed by atoms with Gasteiger partial charge >= 0.3 is 0 Å². The van der Waals surface area contributed by atoms with E-state index in [0.29, 0.717) is 18.5 Å². The van der Waals surface area contributed by atoms with Crippen LogP contribution in [0.2, 0.25) is 5.02 Å². The Kier molecular flexibility index (Phi) is 5.23. The molecule has 136 valence electrons. The summed E-state index contributed by atoms with van der Waals surface area (Å²) in [6.07, 6.45) is 4.05. The second-order valence-electron chi connectivity index (χ2n) is 6.53. The average Bonchev–Trinajstić information content (AvgIpc) is 2.92. The second-order valence-corrected chi connectivity index (χ2v) is 6.94. The summed E-state index contributed by atoms with van der Waals surface area (Å²) in [6, 6.07) is 7.70. The van der Waals surface area contributed by atoms with Crippen molar-refractivity contribution in [2.45, 2.75) is 38.4 Å². The number of hydrogen-bond donors (Lipinski definition) is 1. The average molecular weight is 376 g/mol. The first kappa shape index (κ1) is 18.3. The Labute approximate surface area is 156 Å². The zero-order valence-corrected chi connectivity index (χ0v) is 15.1. The normalized spacial score (nSPS) is 19.7. The van der Waals surface area contributed by atoms with Crippen LogP contribution >= 0.6 is 11.6 Å².